The summed E-state index contributed by atoms with van der Waals surface area (Å²) in [4.78, 5) is 21.7. The van der Waals surface area contributed by atoms with Crippen LogP contribution in [-0.4, -0.2) is 52.1 Å². The van der Waals surface area contributed by atoms with Crippen molar-refractivity contribution >= 4 is 0 Å². The molecule has 4 aromatic rings. The van der Waals surface area contributed by atoms with Crippen molar-refractivity contribution in [3.63, 3.8) is 0 Å². The van der Waals surface area contributed by atoms with Crippen molar-refractivity contribution in [1.29, 1.82) is 0 Å². The van der Waals surface area contributed by atoms with Crippen LogP contribution in [0.5, 0.6) is 5.75 Å². The molecule has 1 aliphatic heterocycles. The fourth-order valence-electron chi connectivity index (χ4n) is 4.13. The quantitative estimate of drug-likeness (QED) is 0.431. The van der Waals surface area contributed by atoms with Crippen LogP contribution >= 0.6 is 0 Å². The van der Waals surface area contributed by atoms with Gasteiger partial charge in [0.15, 0.2) is 0 Å². The molecule has 0 saturated carbocycles. The summed E-state index contributed by atoms with van der Waals surface area (Å²) in [7, 11) is 3.50. The van der Waals surface area contributed by atoms with Crippen LogP contribution < -0.4 is 15.6 Å². The van der Waals surface area contributed by atoms with Crippen molar-refractivity contribution in [3.8, 4) is 40.0 Å². The Morgan fingerprint density at radius 2 is 2.06 bits per heavy atom. The number of methoxy groups -OCH3 is 1. The maximum absolute atomic E-state index is 12.4. The molecule has 1 atom stereocenters. The number of ether oxygens (including phenoxy) is 2. The first-order valence-electron chi connectivity index (χ1n) is 11.4. The first kappa shape index (κ1) is 22.9. The lowest BCUT2D eigenvalue weighted by atomic mass is 10.1. The Kier molecular flexibility index (Phi) is 6.39. The van der Waals surface area contributed by atoms with Crippen LogP contribution in [0.1, 0.15) is 23.7 Å². The number of pyridine rings is 1. The summed E-state index contributed by atoms with van der Waals surface area (Å²) in [5.41, 5.74) is 4.21. The van der Waals surface area contributed by atoms with Crippen LogP contribution in [0.4, 0.5) is 0 Å². The second kappa shape index (κ2) is 9.77. The Labute approximate surface area is 202 Å². The molecule has 180 valence electrons. The Hall–Kier alpha value is -3.89. The topological polar surface area (TPSA) is 117 Å². The maximum Gasteiger partial charge on any atom is 0.268 e. The molecule has 0 amide bonds. The van der Waals surface area contributed by atoms with Gasteiger partial charge in [0.25, 0.3) is 17.3 Å². The highest BCUT2D eigenvalue weighted by Gasteiger charge is 2.21. The monoisotopic (exact) mass is 474 g/mol. The van der Waals surface area contributed by atoms with Crippen LogP contribution in [0.25, 0.3) is 34.3 Å². The van der Waals surface area contributed by atoms with Gasteiger partial charge in [-0.25, -0.2) is 4.98 Å². The first-order valence-corrected chi connectivity index (χ1v) is 11.4. The highest BCUT2D eigenvalue weighted by Crippen LogP contribution is 2.32. The van der Waals surface area contributed by atoms with Gasteiger partial charge < -0.3 is 23.8 Å². The second-order valence-corrected chi connectivity index (χ2v) is 8.35. The fourth-order valence-corrected chi connectivity index (χ4v) is 4.13. The predicted octanol–water partition coefficient (Wildman–Crippen LogP) is 3.02. The highest BCUT2D eigenvalue weighted by atomic mass is 16.5. The molecule has 1 unspecified atom stereocenters. The average Bonchev–Trinajstić information content (AvgIpc) is 3.58. The molecule has 3 aromatic heterocycles. The van der Waals surface area contributed by atoms with Crippen molar-refractivity contribution < 1.29 is 13.9 Å². The van der Waals surface area contributed by atoms with E-state index in [-0.39, 0.29) is 17.5 Å². The van der Waals surface area contributed by atoms with Gasteiger partial charge in [-0.3, -0.25) is 9.78 Å². The Balaban J connectivity index is 1.49. The summed E-state index contributed by atoms with van der Waals surface area (Å²) in [5.74, 6) is 1.22. The van der Waals surface area contributed by atoms with Crippen LogP contribution in [0.3, 0.4) is 0 Å². The summed E-state index contributed by atoms with van der Waals surface area (Å²) in [6.07, 6.45) is 4.29. The van der Waals surface area contributed by atoms with Crippen molar-refractivity contribution in [3.05, 3.63) is 64.3 Å². The number of nitrogens with zero attached hydrogens (tertiary/aromatic N) is 5. The van der Waals surface area contributed by atoms with E-state index in [1.54, 1.807) is 30.0 Å². The largest absolute Gasteiger partial charge is 0.496 e. The minimum atomic E-state index is -0.0687. The van der Waals surface area contributed by atoms with Gasteiger partial charge in [-0.2, -0.15) is 0 Å². The van der Waals surface area contributed by atoms with Gasteiger partial charge >= 0.3 is 0 Å². The average molecular weight is 475 g/mol. The van der Waals surface area contributed by atoms with Gasteiger partial charge in [0.05, 0.1) is 42.9 Å². The maximum atomic E-state index is 12.4. The molecule has 1 saturated heterocycles. The van der Waals surface area contributed by atoms with Crippen LogP contribution in [-0.2, 0) is 11.3 Å². The minimum absolute atomic E-state index is 0.0216. The number of nitrogens with one attached hydrogen (secondary N) is 1. The van der Waals surface area contributed by atoms with Crippen LogP contribution in [0.15, 0.2) is 51.9 Å². The molecule has 10 nitrogen and oxygen atoms in total. The normalized spacial score (nSPS) is 15.5. The molecule has 35 heavy (non-hydrogen) atoms. The van der Waals surface area contributed by atoms with Crippen molar-refractivity contribution in [2.24, 2.45) is 0 Å². The number of rotatable bonds is 7. The van der Waals surface area contributed by atoms with Gasteiger partial charge in [0.2, 0.25) is 0 Å². The number of hydrogen-bond donors (Lipinski definition) is 1. The molecule has 5 rings (SSSR count). The third kappa shape index (κ3) is 4.58. The molecular formula is C25H26N6O4. The predicted molar refractivity (Wildman–Crippen MR) is 129 cm³/mol. The van der Waals surface area contributed by atoms with E-state index in [0.717, 1.165) is 17.5 Å². The third-order valence-electron chi connectivity index (χ3n) is 5.99. The SMILES string of the molecule is CNCc1ccc(-c2nnc(-c3nc(-c4ccc(=O)n(C5CCOC5)c4)cnc3C)o2)c(OC)c1. The second-order valence-electron chi connectivity index (χ2n) is 8.35. The molecular weight excluding hydrogens is 448 g/mol. The van der Waals surface area contributed by atoms with Crippen LogP contribution in [0, 0.1) is 6.92 Å². The number of aryl methyl sites for hydroxylation is 1. The molecule has 1 aromatic carbocycles. The van der Waals surface area contributed by atoms with E-state index in [1.807, 2.05) is 38.4 Å². The lowest BCUT2D eigenvalue weighted by molar-refractivity contribution is 0.186. The van der Waals surface area contributed by atoms with E-state index < -0.39 is 0 Å². The Bertz CT molecular complexity index is 1410. The molecule has 1 aliphatic rings. The zero-order valence-corrected chi connectivity index (χ0v) is 19.8. The molecule has 0 radical (unpaired) electrons. The number of hydrogen-bond acceptors (Lipinski definition) is 9. The van der Waals surface area contributed by atoms with Crippen molar-refractivity contribution in [2.45, 2.75) is 25.9 Å². The van der Waals surface area contributed by atoms with Gasteiger partial charge in [0.1, 0.15) is 11.4 Å². The molecule has 0 bridgehead atoms. The molecule has 10 heteroatoms. The van der Waals surface area contributed by atoms with Crippen LogP contribution in [0.2, 0.25) is 0 Å². The lowest BCUT2D eigenvalue weighted by Gasteiger charge is -2.13. The third-order valence-corrected chi connectivity index (χ3v) is 5.99. The summed E-state index contributed by atoms with van der Waals surface area (Å²) in [6.45, 7) is 3.73. The summed E-state index contributed by atoms with van der Waals surface area (Å²) >= 11 is 0. The molecule has 4 heterocycles. The minimum Gasteiger partial charge on any atom is -0.496 e. The molecule has 0 aliphatic carbocycles. The zero-order chi connectivity index (χ0) is 24.4. The lowest BCUT2D eigenvalue weighted by Crippen LogP contribution is -2.23. The summed E-state index contributed by atoms with van der Waals surface area (Å²) in [6, 6.07) is 9.12. The Morgan fingerprint density at radius 1 is 1.20 bits per heavy atom. The fraction of sp³-hybridized carbons (Fsp3) is 0.320. The molecule has 1 fully saturated rings. The van der Waals surface area contributed by atoms with E-state index in [4.69, 9.17) is 18.9 Å². The summed E-state index contributed by atoms with van der Waals surface area (Å²) < 4.78 is 18.7. The van der Waals surface area contributed by atoms with E-state index in [9.17, 15) is 4.79 Å². The van der Waals surface area contributed by atoms with E-state index in [2.05, 4.69) is 20.5 Å². The van der Waals surface area contributed by atoms with E-state index in [0.29, 0.717) is 54.0 Å². The zero-order valence-electron chi connectivity index (χ0n) is 19.8. The van der Waals surface area contributed by atoms with E-state index >= 15 is 0 Å². The Morgan fingerprint density at radius 3 is 2.83 bits per heavy atom. The van der Waals surface area contributed by atoms with Gasteiger partial charge in [0, 0.05) is 31.0 Å². The standard InChI is InChI=1S/C25H26N6O4/c1-15-23(25-30-29-24(35-25)19-6-4-16(11-26-2)10-21(19)33-3)28-20(12-27-15)17-5-7-22(32)31(13-17)18-8-9-34-14-18/h4-7,10,12-13,18,26H,8-9,11,14H2,1-3H3. The van der Waals surface area contributed by atoms with Crippen molar-refractivity contribution in [1.82, 2.24) is 30.0 Å². The number of benzene rings is 1. The van der Waals surface area contributed by atoms with Gasteiger partial charge in [-0.05, 0) is 44.2 Å². The van der Waals surface area contributed by atoms with Gasteiger partial charge in [-0.1, -0.05) is 6.07 Å². The van der Waals surface area contributed by atoms with Crippen molar-refractivity contribution in [2.75, 3.05) is 27.4 Å². The van der Waals surface area contributed by atoms with Gasteiger partial charge in [-0.15, -0.1) is 10.2 Å². The number of aromatic nitrogens is 5. The summed E-state index contributed by atoms with van der Waals surface area (Å²) in [5, 5.41) is 11.6. The smallest absolute Gasteiger partial charge is 0.268 e. The van der Waals surface area contributed by atoms with E-state index in [1.165, 1.54) is 0 Å². The first-order chi connectivity index (χ1) is 17.1. The molecule has 0 spiro atoms. The molecule has 1 N–H and O–H groups in total. The highest BCUT2D eigenvalue weighted by molar-refractivity contribution is 5.66.